The average molecular weight is 414 g/mol. The van der Waals surface area contributed by atoms with Crippen LogP contribution in [0.4, 0.5) is 17.6 Å². The number of hydrogen-bond donors (Lipinski definition) is 0. The number of carbonyl (C=O) groups excluding carboxylic acids is 1. The molecule has 0 bridgehead atoms. The Labute approximate surface area is 154 Å². The minimum absolute atomic E-state index is 0.319. The van der Waals surface area contributed by atoms with E-state index < -0.39 is 45.0 Å². The first-order valence-corrected chi connectivity index (χ1v) is 7.83. The monoisotopic (exact) mass is 413 g/mol. The van der Waals surface area contributed by atoms with Gasteiger partial charge in [-0.05, 0) is 38.2 Å². The minimum Gasteiger partial charge on any atom is -0.459 e. The van der Waals surface area contributed by atoms with E-state index in [2.05, 4.69) is 0 Å². The van der Waals surface area contributed by atoms with Crippen LogP contribution in [0.25, 0.3) is 5.69 Å². The van der Waals surface area contributed by atoms with E-state index in [-0.39, 0.29) is 10.6 Å². The number of hydrogen-bond acceptors (Lipinski definition) is 4. The molecule has 0 saturated carbocycles. The van der Waals surface area contributed by atoms with Crippen molar-refractivity contribution in [1.29, 1.82) is 0 Å². The number of halogens is 5. The lowest BCUT2D eigenvalue weighted by Gasteiger charge is -2.11. The van der Waals surface area contributed by atoms with Crippen LogP contribution in [-0.2, 0) is 18.1 Å². The number of rotatable bonds is 3. The van der Waals surface area contributed by atoms with Gasteiger partial charge in [-0.25, -0.2) is 18.5 Å². The molecule has 0 aliphatic heterocycles. The van der Waals surface area contributed by atoms with Crippen LogP contribution in [0.2, 0.25) is 5.02 Å². The maximum Gasteiger partial charge on any atom is 0.507 e. The Morgan fingerprint density at radius 1 is 1.31 bits per heavy atom. The Hall–Kier alpha value is -2.14. The highest BCUT2D eigenvalue weighted by atomic mass is 35.5. The molecule has 26 heavy (non-hydrogen) atoms. The summed E-state index contributed by atoms with van der Waals surface area (Å²) in [5, 5.41) is -0.324. The molecule has 0 aliphatic rings. The molecule has 1 aromatic carbocycles. The van der Waals surface area contributed by atoms with Gasteiger partial charge in [-0.3, -0.25) is 4.68 Å². The lowest BCUT2D eigenvalue weighted by atomic mass is 10.2. The third-order valence-corrected chi connectivity index (χ3v) is 3.98. The molecule has 0 radical (unpaired) electrons. The van der Waals surface area contributed by atoms with E-state index in [1.807, 2.05) is 0 Å². The standard InChI is InChI=1S/C14H12ClF4N3O3S/c1-6(2)25-11(23)7-4-10(9(16)5-8(7)15)21-12(24)22(14(17,18)19)20(3)13(21)26/h4-6H,1-3H3. The van der Waals surface area contributed by atoms with Crippen LogP contribution < -0.4 is 5.69 Å². The van der Waals surface area contributed by atoms with Gasteiger partial charge >= 0.3 is 18.0 Å². The van der Waals surface area contributed by atoms with Gasteiger partial charge in [0, 0.05) is 7.05 Å². The van der Waals surface area contributed by atoms with Crippen LogP contribution in [-0.4, -0.2) is 26.0 Å². The summed E-state index contributed by atoms with van der Waals surface area (Å²) in [6.45, 7) is 3.12. The first-order chi connectivity index (χ1) is 11.9. The molecule has 0 unspecified atom stereocenters. The van der Waals surface area contributed by atoms with Crippen molar-refractivity contribution in [1.82, 2.24) is 13.9 Å². The lowest BCUT2D eigenvalue weighted by Crippen LogP contribution is -2.35. The second-order valence-corrected chi connectivity index (χ2v) is 6.21. The molecule has 0 aliphatic carbocycles. The molecule has 0 amide bonds. The Morgan fingerprint density at radius 3 is 2.35 bits per heavy atom. The molecular weight excluding hydrogens is 402 g/mol. The number of aromatic nitrogens is 3. The third-order valence-electron chi connectivity index (χ3n) is 3.22. The van der Waals surface area contributed by atoms with E-state index in [1.165, 1.54) is 0 Å². The number of ether oxygens (including phenoxy) is 1. The maximum atomic E-state index is 14.3. The van der Waals surface area contributed by atoms with E-state index in [0.717, 1.165) is 13.1 Å². The van der Waals surface area contributed by atoms with Crippen molar-refractivity contribution in [2.75, 3.05) is 0 Å². The van der Waals surface area contributed by atoms with Crippen molar-refractivity contribution in [3.05, 3.63) is 43.8 Å². The highest BCUT2D eigenvalue weighted by Crippen LogP contribution is 2.26. The smallest absolute Gasteiger partial charge is 0.459 e. The molecule has 0 N–H and O–H groups in total. The fourth-order valence-electron chi connectivity index (χ4n) is 2.16. The molecule has 2 aromatic rings. The first kappa shape index (κ1) is 20.2. The number of alkyl halides is 3. The Balaban J connectivity index is 2.77. The predicted molar refractivity (Wildman–Crippen MR) is 86.7 cm³/mol. The largest absolute Gasteiger partial charge is 0.507 e. The summed E-state index contributed by atoms with van der Waals surface area (Å²) in [7, 11) is 0.898. The van der Waals surface area contributed by atoms with Gasteiger partial charge in [-0.1, -0.05) is 11.6 Å². The molecule has 0 atom stereocenters. The summed E-state index contributed by atoms with van der Waals surface area (Å²) in [4.78, 5) is 24.2. The van der Waals surface area contributed by atoms with Crippen molar-refractivity contribution < 1.29 is 27.1 Å². The SMILES string of the molecule is CC(C)OC(=O)c1cc(-n2c(=S)n(C)n(C(F)(F)F)c2=O)c(F)cc1Cl. The van der Waals surface area contributed by atoms with Crippen molar-refractivity contribution in [2.45, 2.75) is 26.3 Å². The van der Waals surface area contributed by atoms with Crippen LogP contribution in [0.1, 0.15) is 24.2 Å². The molecule has 0 fully saturated rings. The van der Waals surface area contributed by atoms with Crippen LogP contribution in [0.15, 0.2) is 16.9 Å². The van der Waals surface area contributed by atoms with Gasteiger partial charge in [-0.15, -0.1) is 17.9 Å². The Morgan fingerprint density at radius 2 is 1.88 bits per heavy atom. The molecule has 6 nitrogen and oxygen atoms in total. The molecule has 2 rings (SSSR count). The van der Waals surface area contributed by atoms with Gasteiger partial charge < -0.3 is 4.74 Å². The quantitative estimate of drug-likeness (QED) is 0.439. The van der Waals surface area contributed by atoms with Gasteiger partial charge in [0.15, 0.2) is 0 Å². The van der Waals surface area contributed by atoms with E-state index in [4.69, 9.17) is 28.6 Å². The molecular formula is C14H12ClF4N3O3S. The maximum absolute atomic E-state index is 14.3. The topological polar surface area (TPSA) is 58.2 Å². The predicted octanol–water partition coefficient (Wildman–Crippen LogP) is 3.54. The van der Waals surface area contributed by atoms with E-state index in [1.54, 1.807) is 13.8 Å². The highest BCUT2D eigenvalue weighted by Gasteiger charge is 2.37. The highest BCUT2D eigenvalue weighted by molar-refractivity contribution is 7.71. The summed E-state index contributed by atoms with van der Waals surface area (Å²) in [5.74, 6) is -2.06. The molecule has 1 heterocycles. The number of carbonyl (C=O) groups is 1. The fraction of sp³-hybridized carbons (Fsp3) is 0.357. The second kappa shape index (κ2) is 6.88. The lowest BCUT2D eigenvalue weighted by molar-refractivity contribution is -0.220. The Kier molecular flexibility index (Phi) is 5.34. The number of esters is 1. The summed E-state index contributed by atoms with van der Waals surface area (Å²) >= 11 is 10.6. The summed E-state index contributed by atoms with van der Waals surface area (Å²) in [5.41, 5.74) is -2.62. The van der Waals surface area contributed by atoms with Gasteiger partial charge in [0.05, 0.1) is 22.4 Å². The van der Waals surface area contributed by atoms with Gasteiger partial charge in [-0.2, -0.15) is 0 Å². The summed E-state index contributed by atoms with van der Waals surface area (Å²) in [6, 6.07) is 1.51. The van der Waals surface area contributed by atoms with E-state index in [0.29, 0.717) is 15.3 Å². The van der Waals surface area contributed by atoms with Crippen molar-refractivity contribution >= 4 is 29.8 Å². The van der Waals surface area contributed by atoms with Crippen molar-refractivity contribution in [3.63, 3.8) is 0 Å². The second-order valence-electron chi connectivity index (χ2n) is 5.44. The van der Waals surface area contributed by atoms with Gasteiger partial charge in [0.2, 0.25) is 4.77 Å². The molecule has 1 aromatic heterocycles. The average Bonchev–Trinajstić information content (AvgIpc) is 2.68. The van der Waals surface area contributed by atoms with Crippen molar-refractivity contribution in [2.24, 2.45) is 7.05 Å². The zero-order chi connectivity index (χ0) is 20.0. The zero-order valence-corrected chi connectivity index (χ0v) is 15.2. The van der Waals surface area contributed by atoms with E-state index >= 15 is 0 Å². The fourth-order valence-corrected chi connectivity index (χ4v) is 2.65. The van der Waals surface area contributed by atoms with Crippen LogP contribution in [0.3, 0.4) is 0 Å². The first-order valence-electron chi connectivity index (χ1n) is 7.05. The number of benzene rings is 1. The van der Waals surface area contributed by atoms with Crippen LogP contribution >= 0.6 is 23.8 Å². The van der Waals surface area contributed by atoms with Crippen molar-refractivity contribution in [3.8, 4) is 5.69 Å². The summed E-state index contributed by atoms with van der Waals surface area (Å²) < 4.78 is 57.8. The molecule has 0 saturated heterocycles. The van der Waals surface area contributed by atoms with Crippen LogP contribution in [0, 0.1) is 10.6 Å². The summed E-state index contributed by atoms with van der Waals surface area (Å²) in [6.07, 6.45) is -5.60. The third kappa shape index (κ3) is 3.54. The Bertz CT molecular complexity index is 991. The normalized spacial score (nSPS) is 11.9. The van der Waals surface area contributed by atoms with Gasteiger partial charge in [0.25, 0.3) is 0 Å². The zero-order valence-electron chi connectivity index (χ0n) is 13.6. The minimum atomic E-state index is -5.08. The van der Waals surface area contributed by atoms with Gasteiger partial charge in [0.1, 0.15) is 5.82 Å². The van der Waals surface area contributed by atoms with Crippen LogP contribution in [0.5, 0.6) is 0 Å². The molecule has 142 valence electrons. The molecule has 0 spiro atoms. The van der Waals surface area contributed by atoms with E-state index in [9.17, 15) is 27.2 Å². The molecule has 12 heteroatoms. The number of nitrogens with zero attached hydrogens (tertiary/aromatic N) is 3.